The standard InChI is InChI=1S/C23H37N3O/c1-19(20-11-8-12-24-16-20)15-23(27)25-17-21-9-4-5-10-22(21)18-26-13-6-2-3-7-14-26/h4-5,9-10,19-20,24H,2-3,6-8,11-18H2,1H3,(H,25,27). The molecule has 2 fully saturated rings. The summed E-state index contributed by atoms with van der Waals surface area (Å²) in [6, 6.07) is 8.60. The lowest BCUT2D eigenvalue weighted by molar-refractivity contribution is -0.122. The van der Waals surface area contributed by atoms with E-state index in [1.165, 1.54) is 62.7 Å². The molecule has 1 aromatic rings. The zero-order valence-electron chi connectivity index (χ0n) is 17.0. The lowest BCUT2D eigenvalue weighted by Crippen LogP contribution is -2.35. The lowest BCUT2D eigenvalue weighted by atomic mass is 9.85. The van der Waals surface area contributed by atoms with Crippen molar-refractivity contribution in [3.05, 3.63) is 35.4 Å². The van der Waals surface area contributed by atoms with E-state index in [1.54, 1.807) is 0 Å². The SMILES string of the molecule is CC(CC(=O)NCc1ccccc1CN1CCCCCC1)C1CCCNC1. The van der Waals surface area contributed by atoms with Crippen LogP contribution >= 0.6 is 0 Å². The van der Waals surface area contributed by atoms with E-state index in [-0.39, 0.29) is 5.91 Å². The van der Waals surface area contributed by atoms with Crippen molar-refractivity contribution in [2.24, 2.45) is 11.8 Å². The second-order valence-electron chi connectivity index (χ2n) is 8.52. The summed E-state index contributed by atoms with van der Waals surface area (Å²) in [5.41, 5.74) is 2.63. The van der Waals surface area contributed by atoms with Crippen LogP contribution in [-0.2, 0) is 17.9 Å². The summed E-state index contributed by atoms with van der Waals surface area (Å²) in [6.07, 6.45) is 8.48. The Labute approximate surface area is 165 Å². The van der Waals surface area contributed by atoms with Gasteiger partial charge in [-0.05, 0) is 74.8 Å². The van der Waals surface area contributed by atoms with Gasteiger partial charge in [0.15, 0.2) is 0 Å². The summed E-state index contributed by atoms with van der Waals surface area (Å²) in [4.78, 5) is 15.0. The van der Waals surface area contributed by atoms with E-state index in [0.29, 0.717) is 24.8 Å². The van der Waals surface area contributed by atoms with Gasteiger partial charge in [-0.15, -0.1) is 0 Å². The van der Waals surface area contributed by atoms with Crippen LogP contribution in [0, 0.1) is 11.8 Å². The Morgan fingerprint density at radius 1 is 1.15 bits per heavy atom. The number of likely N-dealkylation sites (tertiary alicyclic amines) is 1. The summed E-state index contributed by atoms with van der Waals surface area (Å²) in [7, 11) is 0. The van der Waals surface area contributed by atoms with Crippen molar-refractivity contribution in [3.8, 4) is 0 Å². The van der Waals surface area contributed by atoms with Crippen LogP contribution < -0.4 is 10.6 Å². The van der Waals surface area contributed by atoms with Gasteiger partial charge >= 0.3 is 0 Å². The predicted molar refractivity (Wildman–Crippen MR) is 111 cm³/mol. The number of amides is 1. The molecule has 2 aliphatic heterocycles. The van der Waals surface area contributed by atoms with E-state index in [0.717, 1.165) is 19.6 Å². The predicted octanol–water partition coefficient (Wildman–Crippen LogP) is 3.70. The molecule has 0 radical (unpaired) electrons. The maximum Gasteiger partial charge on any atom is 0.220 e. The summed E-state index contributed by atoms with van der Waals surface area (Å²) < 4.78 is 0. The molecule has 1 aromatic carbocycles. The second-order valence-corrected chi connectivity index (χ2v) is 8.52. The topological polar surface area (TPSA) is 44.4 Å². The first-order valence-corrected chi connectivity index (χ1v) is 11.0. The van der Waals surface area contributed by atoms with Crippen LogP contribution in [0.3, 0.4) is 0 Å². The van der Waals surface area contributed by atoms with Crippen molar-refractivity contribution in [2.75, 3.05) is 26.2 Å². The van der Waals surface area contributed by atoms with E-state index >= 15 is 0 Å². The maximum atomic E-state index is 12.5. The molecule has 4 nitrogen and oxygen atoms in total. The molecular formula is C23H37N3O. The van der Waals surface area contributed by atoms with Crippen molar-refractivity contribution in [1.82, 2.24) is 15.5 Å². The van der Waals surface area contributed by atoms with E-state index in [2.05, 4.69) is 46.7 Å². The largest absolute Gasteiger partial charge is 0.352 e. The van der Waals surface area contributed by atoms with Crippen LogP contribution in [0.2, 0.25) is 0 Å². The Bertz CT molecular complexity index is 575. The molecule has 0 spiro atoms. The minimum absolute atomic E-state index is 0.192. The third-order valence-electron chi connectivity index (χ3n) is 6.33. The minimum atomic E-state index is 0.192. The molecule has 2 heterocycles. The number of benzene rings is 1. The van der Waals surface area contributed by atoms with Gasteiger partial charge in [0.25, 0.3) is 0 Å². The minimum Gasteiger partial charge on any atom is -0.352 e. The molecule has 0 aliphatic carbocycles. The van der Waals surface area contributed by atoms with Crippen molar-refractivity contribution in [3.63, 3.8) is 0 Å². The van der Waals surface area contributed by atoms with Crippen molar-refractivity contribution < 1.29 is 4.79 Å². The number of piperidine rings is 1. The molecule has 3 rings (SSSR count). The average Bonchev–Trinajstić information content (AvgIpc) is 2.97. The van der Waals surface area contributed by atoms with Gasteiger partial charge in [0.1, 0.15) is 0 Å². The molecule has 2 saturated heterocycles. The zero-order chi connectivity index (χ0) is 18.9. The highest BCUT2D eigenvalue weighted by Gasteiger charge is 2.22. The highest BCUT2D eigenvalue weighted by Crippen LogP contribution is 2.22. The summed E-state index contributed by atoms with van der Waals surface area (Å²) in [6.45, 7) is 8.48. The molecule has 0 saturated carbocycles. The molecule has 2 N–H and O–H groups in total. The highest BCUT2D eigenvalue weighted by molar-refractivity contribution is 5.76. The fraction of sp³-hybridized carbons (Fsp3) is 0.696. The van der Waals surface area contributed by atoms with Crippen LogP contribution in [0.15, 0.2) is 24.3 Å². The first-order valence-electron chi connectivity index (χ1n) is 11.0. The number of carbonyl (C=O) groups excluding carboxylic acids is 1. The number of nitrogens with one attached hydrogen (secondary N) is 2. The Morgan fingerprint density at radius 3 is 2.59 bits per heavy atom. The molecule has 0 aromatic heterocycles. The molecule has 2 unspecified atom stereocenters. The van der Waals surface area contributed by atoms with Gasteiger partial charge in [-0.3, -0.25) is 9.69 Å². The van der Waals surface area contributed by atoms with Crippen LogP contribution in [-0.4, -0.2) is 37.0 Å². The van der Waals surface area contributed by atoms with Crippen molar-refractivity contribution in [2.45, 2.75) is 65.0 Å². The van der Waals surface area contributed by atoms with Crippen molar-refractivity contribution in [1.29, 1.82) is 0 Å². The van der Waals surface area contributed by atoms with Crippen LogP contribution in [0.25, 0.3) is 0 Å². The molecule has 2 atom stereocenters. The Hall–Kier alpha value is -1.39. The van der Waals surface area contributed by atoms with E-state index in [9.17, 15) is 4.79 Å². The summed E-state index contributed by atoms with van der Waals surface area (Å²) in [5, 5.41) is 6.64. The third-order valence-corrected chi connectivity index (χ3v) is 6.33. The summed E-state index contributed by atoms with van der Waals surface area (Å²) in [5.74, 6) is 1.28. The average molecular weight is 372 g/mol. The van der Waals surface area contributed by atoms with Gasteiger partial charge in [0.2, 0.25) is 5.91 Å². The molecular weight excluding hydrogens is 334 g/mol. The van der Waals surface area contributed by atoms with Crippen LogP contribution in [0.1, 0.15) is 63.0 Å². The van der Waals surface area contributed by atoms with Gasteiger partial charge in [0.05, 0.1) is 0 Å². The molecule has 0 bridgehead atoms. The molecule has 2 aliphatic rings. The van der Waals surface area contributed by atoms with Gasteiger partial charge in [-0.1, -0.05) is 44.0 Å². The molecule has 4 heteroatoms. The number of hydrogen-bond donors (Lipinski definition) is 2. The number of hydrogen-bond acceptors (Lipinski definition) is 3. The Morgan fingerprint density at radius 2 is 1.89 bits per heavy atom. The first-order chi connectivity index (χ1) is 13.2. The fourth-order valence-corrected chi connectivity index (χ4v) is 4.51. The lowest BCUT2D eigenvalue weighted by Gasteiger charge is -2.28. The number of rotatable bonds is 7. The highest BCUT2D eigenvalue weighted by atomic mass is 16.1. The summed E-state index contributed by atoms with van der Waals surface area (Å²) >= 11 is 0. The second kappa shape index (κ2) is 10.8. The van der Waals surface area contributed by atoms with Crippen LogP contribution in [0.4, 0.5) is 0 Å². The van der Waals surface area contributed by atoms with Crippen LogP contribution in [0.5, 0.6) is 0 Å². The van der Waals surface area contributed by atoms with E-state index in [4.69, 9.17) is 0 Å². The van der Waals surface area contributed by atoms with Gasteiger partial charge in [-0.2, -0.15) is 0 Å². The Kier molecular flexibility index (Phi) is 8.15. The van der Waals surface area contributed by atoms with Gasteiger partial charge in [-0.25, -0.2) is 0 Å². The zero-order valence-corrected chi connectivity index (χ0v) is 17.0. The fourth-order valence-electron chi connectivity index (χ4n) is 4.51. The maximum absolute atomic E-state index is 12.5. The molecule has 27 heavy (non-hydrogen) atoms. The van der Waals surface area contributed by atoms with Crippen molar-refractivity contribution >= 4 is 5.91 Å². The Balaban J connectivity index is 1.49. The first kappa shape index (κ1) is 20.3. The van der Waals surface area contributed by atoms with E-state index in [1.807, 2.05) is 0 Å². The smallest absolute Gasteiger partial charge is 0.220 e. The van der Waals surface area contributed by atoms with Gasteiger partial charge in [0, 0.05) is 19.5 Å². The normalized spacial score (nSPS) is 22.8. The monoisotopic (exact) mass is 371 g/mol. The number of carbonyl (C=O) groups is 1. The third kappa shape index (κ3) is 6.62. The molecule has 1 amide bonds. The quantitative estimate of drug-likeness (QED) is 0.768. The van der Waals surface area contributed by atoms with Gasteiger partial charge < -0.3 is 10.6 Å². The van der Waals surface area contributed by atoms with E-state index < -0.39 is 0 Å². The number of nitrogens with zero attached hydrogens (tertiary/aromatic N) is 1. The molecule has 150 valence electrons.